The van der Waals surface area contributed by atoms with Crippen LogP contribution in [0.4, 0.5) is 5.69 Å². The van der Waals surface area contributed by atoms with Crippen LogP contribution in [0.1, 0.15) is 31.1 Å². The average Bonchev–Trinajstić information content (AvgIpc) is 2.28. The topological polar surface area (TPSA) is 72.2 Å². The van der Waals surface area contributed by atoms with Gasteiger partial charge < -0.3 is 5.32 Å². The third kappa shape index (κ3) is 3.43. The molecule has 1 unspecified atom stereocenters. The van der Waals surface area contributed by atoms with E-state index in [1.807, 2.05) is 13.8 Å². The molecule has 0 saturated carbocycles. The number of amides is 1. The van der Waals surface area contributed by atoms with Crippen molar-refractivity contribution in [2.24, 2.45) is 0 Å². The zero-order valence-corrected chi connectivity index (χ0v) is 11.2. The minimum absolute atomic E-state index is 0.0449. The number of nitro benzene ring substituents is 1. The summed E-state index contributed by atoms with van der Waals surface area (Å²) in [5, 5.41) is 13.0. The van der Waals surface area contributed by atoms with Gasteiger partial charge in [-0.05, 0) is 32.9 Å². The van der Waals surface area contributed by atoms with Crippen LogP contribution < -0.4 is 5.32 Å². The molecule has 0 aromatic heterocycles. The molecule has 0 aliphatic rings. The van der Waals surface area contributed by atoms with Crippen LogP contribution in [0.25, 0.3) is 0 Å². The van der Waals surface area contributed by atoms with Gasteiger partial charge in [0.2, 0.25) is 0 Å². The number of alkyl halides is 1. The Hall–Kier alpha value is -1.62. The predicted octanol–water partition coefficient (Wildman–Crippen LogP) is 2.73. The SMILES string of the molecule is CC(Cl)C(C)(C)NC(=O)c1ccc([N+](=O)[O-])cc1. The smallest absolute Gasteiger partial charge is 0.269 e. The molecular weight excluding hydrogens is 256 g/mol. The van der Waals surface area contributed by atoms with E-state index in [0.717, 1.165) is 0 Å². The van der Waals surface area contributed by atoms with Gasteiger partial charge in [-0.25, -0.2) is 0 Å². The van der Waals surface area contributed by atoms with E-state index in [9.17, 15) is 14.9 Å². The molecular formula is C12H15ClN2O3. The van der Waals surface area contributed by atoms with Crippen LogP contribution in [-0.4, -0.2) is 21.7 Å². The molecule has 98 valence electrons. The fraction of sp³-hybridized carbons (Fsp3) is 0.417. The van der Waals surface area contributed by atoms with E-state index in [2.05, 4.69) is 5.32 Å². The molecule has 0 heterocycles. The molecule has 1 aromatic rings. The van der Waals surface area contributed by atoms with Crippen molar-refractivity contribution < 1.29 is 9.72 Å². The Morgan fingerprint density at radius 2 is 1.89 bits per heavy atom. The molecule has 18 heavy (non-hydrogen) atoms. The summed E-state index contributed by atoms with van der Waals surface area (Å²) < 4.78 is 0. The number of nitrogens with zero attached hydrogens (tertiary/aromatic N) is 1. The van der Waals surface area contributed by atoms with Crippen molar-refractivity contribution >= 4 is 23.2 Å². The summed E-state index contributed by atoms with van der Waals surface area (Å²) in [4.78, 5) is 21.9. The van der Waals surface area contributed by atoms with Gasteiger partial charge in [-0.1, -0.05) is 0 Å². The van der Waals surface area contributed by atoms with E-state index in [0.29, 0.717) is 5.56 Å². The van der Waals surface area contributed by atoms with Crippen molar-refractivity contribution in [3.8, 4) is 0 Å². The van der Waals surface area contributed by atoms with Gasteiger partial charge >= 0.3 is 0 Å². The van der Waals surface area contributed by atoms with E-state index in [-0.39, 0.29) is 17.0 Å². The van der Waals surface area contributed by atoms with Crippen molar-refractivity contribution in [3.63, 3.8) is 0 Å². The minimum Gasteiger partial charge on any atom is -0.346 e. The number of non-ortho nitro benzene ring substituents is 1. The number of halogens is 1. The molecule has 1 aromatic carbocycles. The molecule has 0 aliphatic carbocycles. The summed E-state index contributed by atoms with van der Waals surface area (Å²) in [6.07, 6.45) is 0. The third-order valence-corrected chi connectivity index (χ3v) is 3.32. The summed E-state index contributed by atoms with van der Waals surface area (Å²) in [5.74, 6) is -0.303. The highest BCUT2D eigenvalue weighted by atomic mass is 35.5. The second-order valence-corrected chi connectivity index (χ2v) is 5.25. The standard InChI is InChI=1S/C12H15ClN2O3/c1-8(13)12(2,3)14-11(16)9-4-6-10(7-5-9)15(17)18/h4-8H,1-3H3,(H,14,16). The number of hydrogen-bond acceptors (Lipinski definition) is 3. The maximum atomic E-state index is 11.9. The van der Waals surface area contributed by atoms with Gasteiger partial charge in [0.25, 0.3) is 11.6 Å². The van der Waals surface area contributed by atoms with Gasteiger partial charge in [0, 0.05) is 17.7 Å². The lowest BCUT2D eigenvalue weighted by molar-refractivity contribution is -0.384. The molecule has 1 atom stereocenters. The van der Waals surface area contributed by atoms with E-state index in [4.69, 9.17) is 11.6 Å². The summed E-state index contributed by atoms with van der Waals surface area (Å²) in [7, 11) is 0. The molecule has 0 bridgehead atoms. The minimum atomic E-state index is -0.555. The normalized spacial score (nSPS) is 12.9. The molecule has 1 amide bonds. The van der Waals surface area contributed by atoms with Crippen molar-refractivity contribution in [1.29, 1.82) is 0 Å². The van der Waals surface area contributed by atoms with Gasteiger partial charge in [-0.3, -0.25) is 14.9 Å². The van der Waals surface area contributed by atoms with Crippen LogP contribution in [0.3, 0.4) is 0 Å². The van der Waals surface area contributed by atoms with E-state index >= 15 is 0 Å². The second-order valence-electron chi connectivity index (χ2n) is 4.60. The number of nitro groups is 1. The predicted molar refractivity (Wildman–Crippen MR) is 70.0 cm³/mol. The van der Waals surface area contributed by atoms with Gasteiger partial charge in [0.1, 0.15) is 0 Å². The first kappa shape index (κ1) is 14.4. The second kappa shape index (κ2) is 5.35. The third-order valence-electron chi connectivity index (χ3n) is 2.77. The van der Waals surface area contributed by atoms with Crippen molar-refractivity contribution in [3.05, 3.63) is 39.9 Å². The van der Waals surface area contributed by atoms with E-state index < -0.39 is 10.5 Å². The Labute approximate surface area is 110 Å². The van der Waals surface area contributed by atoms with E-state index in [1.54, 1.807) is 6.92 Å². The molecule has 0 aliphatic heterocycles. The Balaban J connectivity index is 2.82. The first-order chi connectivity index (χ1) is 8.24. The summed E-state index contributed by atoms with van der Waals surface area (Å²) >= 11 is 5.96. The van der Waals surface area contributed by atoms with Crippen LogP contribution in [-0.2, 0) is 0 Å². The molecule has 1 rings (SSSR count). The van der Waals surface area contributed by atoms with Crippen LogP contribution in [0.2, 0.25) is 0 Å². The van der Waals surface area contributed by atoms with Gasteiger partial charge in [-0.15, -0.1) is 11.6 Å². The fourth-order valence-corrected chi connectivity index (χ4v) is 1.25. The zero-order valence-electron chi connectivity index (χ0n) is 10.4. The maximum absolute atomic E-state index is 11.9. The molecule has 0 radical (unpaired) electrons. The molecule has 0 saturated heterocycles. The Bertz CT molecular complexity index is 455. The highest BCUT2D eigenvalue weighted by molar-refractivity contribution is 6.21. The fourth-order valence-electron chi connectivity index (χ4n) is 1.20. The molecule has 6 heteroatoms. The Kier molecular flexibility index (Phi) is 4.29. The number of hydrogen-bond donors (Lipinski definition) is 1. The highest BCUT2D eigenvalue weighted by Crippen LogP contribution is 2.17. The summed E-state index contributed by atoms with van der Waals surface area (Å²) in [5.41, 5.74) is -0.233. The first-order valence-corrected chi connectivity index (χ1v) is 5.88. The largest absolute Gasteiger partial charge is 0.346 e. The van der Waals surface area contributed by atoms with Gasteiger partial charge in [0.15, 0.2) is 0 Å². The monoisotopic (exact) mass is 270 g/mol. The average molecular weight is 271 g/mol. The quantitative estimate of drug-likeness (QED) is 0.519. The van der Waals surface area contributed by atoms with Crippen molar-refractivity contribution in [2.45, 2.75) is 31.7 Å². The summed E-state index contributed by atoms with van der Waals surface area (Å²) in [6.45, 7) is 5.42. The summed E-state index contributed by atoms with van der Waals surface area (Å²) in [6, 6.07) is 5.43. The van der Waals surface area contributed by atoms with Gasteiger partial charge in [-0.2, -0.15) is 0 Å². The zero-order chi connectivity index (χ0) is 13.9. The Morgan fingerprint density at radius 1 is 1.39 bits per heavy atom. The molecule has 5 nitrogen and oxygen atoms in total. The lowest BCUT2D eigenvalue weighted by atomic mass is 10.0. The molecule has 0 fully saturated rings. The molecule has 0 spiro atoms. The van der Waals surface area contributed by atoms with Crippen molar-refractivity contribution in [2.75, 3.05) is 0 Å². The number of nitrogens with one attached hydrogen (secondary N) is 1. The lowest BCUT2D eigenvalue weighted by Gasteiger charge is -2.28. The maximum Gasteiger partial charge on any atom is 0.269 e. The Morgan fingerprint density at radius 3 is 2.28 bits per heavy atom. The van der Waals surface area contributed by atoms with Crippen LogP contribution in [0.15, 0.2) is 24.3 Å². The van der Waals surface area contributed by atoms with E-state index in [1.165, 1.54) is 24.3 Å². The van der Waals surface area contributed by atoms with Crippen LogP contribution in [0, 0.1) is 10.1 Å². The van der Waals surface area contributed by atoms with Gasteiger partial charge in [0.05, 0.1) is 15.8 Å². The highest BCUT2D eigenvalue weighted by Gasteiger charge is 2.26. The van der Waals surface area contributed by atoms with Crippen LogP contribution >= 0.6 is 11.6 Å². The number of benzene rings is 1. The lowest BCUT2D eigenvalue weighted by Crippen LogP contribution is -2.49. The van der Waals surface area contributed by atoms with Crippen molar-refractivity contribution in [1.82, 2.24) is 5.32 Å². The van der Waals surface area contributed by atoms with Crippen LogP contribution in [0.5, 0.6) is 0 Å². The molecule has 1 N–H and O–H groups in total. The first-order valence-electron chi connectivity index (χ1n) is 5.45. The number of carbonyl (C=O) groups is 1. The number of rotatable bonds is 4. The number of carbonyl (C=O) groups excluding carboxylic acids is 1.